The minimum Gasteiger partial charge on any atom is -0.377 e. The molecule has 0 amide bonds. The Morgan fingerprint density at radius 3 is 2.89 bits per heavy atom. The third kappa shape index (κ3) is 4.13. The van der Waals surface area contributed by atoms with Crippen LogP contribution in [-0.2, 0) is 11.3 Å². The van der Waals surface area contributed by atoms with Crippen molar-refractivity contribution in [1.29, 1.82) is 0 Å². The quantitative estimate of drug-likeness (QED) is 0.789. The zero-order chi connectivity index (χ0) is 13.0. The lowest BCUT2D eigenvalue weighted by Gasteiger charge is -2.21. The summed E-state index contributed by atoms with van der Waals surface area (Å²) >= 11 is 1.20. The molecule has 1 saturated heterocycles. The Bertz CT molecular complexity index is 378. The molecule has 1 aromatic heterocycles. The highest BCUT2D eigenvalue weighted by Gasteiger charge is 2.30. The highest BCUT2D eigenvalue weighted by molar-refractivity contribution is 7.99. The van der Waals surface area contributed by atoms with E-state index in [9.17, 15) is 13.2 Å². The van der Waals surface area contributed by atoms with Crippen molar-refractivity contribution in [2.24, 2.45) is 0 Å². The molecule has 102 valence electrons. The highest BCUT2D eigenvalue weighted by Crippen LogP contribution is 2.24. The first-order valence-corrected chi connectivity index (χ1v) is 6.60. The summed E-state index contributed by atoms with van der Waals surface area (Å²) in [5, 5.41) is 10.4. The van der Waals surface area contributed by atoms with Crippen LogP contribution in [0.1, 0.15) is 19.3 Å². The van der Waals surface area contributed by atoms with Gasteiger partial charge in [-0.1, -0.05) is 11.8 Å². The molecule has 0 spiro atoms. The molecule has 0 radical (unpaired) electrons. The van der Waals surface area contributed by atoms with Gasteiger partial charge in [0, 0.05) is 12.4 Å². The summed E-state index contributed by atoms with van der Waals surface area (Å²) in [5.41, 5.74) is 0. The van der Waals surface area contributed by atoms with Gasteiger partial charge in [-0.2, -0.15) is 13.2 Å². The predicted molar refractivity (Wildman–Crippen MR) is 58.2 cm³/mol. The summed E-state index contributed by atoms with van der Waals surface area (Å²) in [6.07, 6.45) is -1.15. The molecule has 0 aromatic carbocycles. The summed E-state index contributed by atoms with van der Waals surface area (Å²) in [6, 6.07) is 0. The number of hydrogen-bond donors (Lipinski definition) is 0. The maximum Gasteiger partial charge on any atom is 0.408 e. The molecule has 2 rings (SSSR count). The van der Waals surface area contributed by atoms with Crippen LogP contribution < -0.4 is 0 Å². The molecule has 0 bridgehead atoms. The summed E-state index contributed by atoms with van der Waals surface area (Å²) in [6.45, 7) is -0.438. The van der Waals surface area contributed by atoms with Crippen LogP contribution in [0.15, 0.2) is 5.16 Å². The van der Waals surface area contributed by atoms with Crippen LogP contribution in [0.3, 0.4) is 0 Å². The third-order valence-electron chi connectivity index (χ3n) is 2.50. The fourth-order valence-corrected chi connectivity index (χ4v) is 2.62. The predicted octanol–water partition coefficient (Wildman–Crippen LogP) is 1.90. The number of alkyl halides is 3. The van der Waals surface area contributed by atoms with Gasteiger partial charge >= 0.3 is 6.18 Å². The van der Waals surface area contributed by atoms with Gasteiger partial charge in [-0.3, -0.25) is 0 Å². The summed E-state index contributed by atoms with van der Waals surface area (Å²) < 4.78 is 43.0. The molecule has 1 aliphatic heterocycles. The van der Waals surface area contributed by atoms with Crippen molar-refractivity contribution in [3.05, 3.63) is 0 Å². The average Bonchev–Trinajstić information content (AvgIpc) is 2.73. The number of hydrogen-bond acceptors (Lipinski definition) is 5. The number of tetrazole rings is 1. The van der Waals surface area contributed by atoms with Crippen molar-refractivity contribution in [2.75, 3.05) is 12.4 Å². The Kier molecular flexibility index (Phi) is 4.44. The Hall–Kier alpha value is -0.830. The van der Waals surface area contributed by atoms with Gasteiger partial charge in [-0.25, -0.2) is 4.68 Å². The summed E-state index contributed by atoms with van der Waals surface area (Å²) in [7, 11) is 0. The van der Waals surface area contributed by atoms with E-state index in [1.165, 1.54) is 11.8 Å². The number of halogens is 3. The van der Waals surface area contributed by atoms with E-state index in [1.807, 2.05) is 0 Å². The van der Waals surface area contributed by atoms with Gasteiger partial charge in [-0.15, -0.1) is 5.10 Å². The first kappa shape index (κ1) is 13.6. The molecule has 1 aromatic rings. The van der Waals surface area contributed by atoms with Gasteiger partial charge in [0.1, 0.15) is 6.54 Å². The average molecular weight is 282 g/mol. The van der Waals surface area contributed by atoms with Crippen molar-refractivity contribution in [3.63, 3.8) is 0 Å². The molecule has 1 atom stereocenters. The largest absolute Gasteiger partial charge is 0.408 e. The van der Waals surface area contributed by atoms with E-state index in [1.54, 1.807) is 0 Å². The lowest BCUT2D eigenvalue weighted by molar-refractivity contribution is -0.144. The van der Waals surface area contributed by atoms with Crippen LogP contribution in [-0.4, -0.2) is 44.8 Å². The van der Waals surface area contributed by atoms with Crippen molar-refractivity contribution in [2.45, 2.75) is 43.2 Å². The zero-order valence-corrected chi connectivity index (χ0v) is 10.4. The van der Waals surface area contributed by atoms with E-state index in [0.717, 1.165) is 30.6 Å². The minimum atomic E-state index is -4.31. The van der Waals surface area contributed by atoms with Gasteiger partial charge in [0.05, 0.1) is 6.10 Å². The standard InChI is InChI=1S/C9H13F3N4OS/c10-9(11,12)6-16-8(13-14-15-16)18-5-7-3-1-2-4-17-7/h7H,1-6H2/t7-/m1/s1. The maximum absolute atomic E-state index is 12.2. The minimum absolute atomic E-state index is 0.0831. The topological polar surface area (TPSA) is 52.8 Å². The van der Waals surface area contributed by atoms with E-state index in [4.69, 9.17) is 4.74 Å². The smallest absolute Gasteiger partial charge is 0.377 e. The fourth-order valence-electron chi connectivity index (χ4n) is 1.68. The van der Waals surface area contributed by atoms with Gasteiger partial charge in [0.2, 0.25) is 5.16 Å². The van der Waals surface area contributed by atoms with Crippen LogP contribution >= 0.6 is 11.8 Å². The Morgan fingerprint density at radius 1 is 1.39 bits per heavy atom. The van der Waals surface area contributed by atoms with Gasteiger partial charge in [0.15, 0.2) is 0 Å². The molecular weight excluding hydrogens is 269 g/mol. The van der Waals surface area contributed by atoms with E-state index in [0.29, 0.717) is 5.75 Å². The van der Waals surface area contributed by atoms with Gasteiger partial charge in [0.25, 0.3) is 0 Å². The lowest BCUT2D eigenvalue weighted by atomic mass is 10.1. The van der Waals surface area contributed by atoms with E-state index in [-0.39, 0.29) is 11.3 Å². The highest BCUT2D eigenvalue weighted by atomic mass is 32.2. The number of thioether (sulfide) groups is 1. The van der Waals surface area contributed by atoms with Crippen LogP contribution in [0.4, 0.5) is 13.2 Å². The Balaban J connectivity index is 1.87. The molecule has 2 heterocycles. The summed E-state index contributed by atoms with van der Waals surface area (Å²) in [5.74, 6) is 0.582. The zero-order valence-electron chi connectivity index (χ0n) is 9.56. The number of nitrogens with zero attached hydrogens (tertiary/aromatic N) is 4. The number of rotatable bonds is 4. The molecule has 1 fully saturated rings. The second-order valence-corrected chi connectivity index (χ2v) is 5.02. The summed E-state index contributed by atoms with van der Waals surface area (Å²) in [4.78, 5) is 0. The normalized spacial score (nSPS) is 21.2. The molecule has 18 heavy (non-hydrogen) atoms. The fraction of sp³-hybridized carbons (Fsp3) is 0.889. The molecule has 0 aliphatic carbocycles. The second kappa shape index (κ2) is 5.87. The van der Waals surface area contributed by atoms with Crippen molar-refractivity contribution in [3.8, 4) is 0 Å². The molecular formula is C9H13F3N4OS. The van der Waals surface area contributed by atoms with Crippen molar-refractivity contribution >= 4 is 11.8 Å². The maximum atomic E-state index is 12.2. The van der Waals surface area contributed by atoms with Gasteiger partial charge < -0.3 is 4.74 Å². The van der Waals surface area contributed by atoms with E-state index in [2.05, 4.69) is 15.5 Å². The van der Waals surface area contributed by atoms with Crippen molar-refractivity contribution < 1.29 is 17.9 Å². The SMILES string of the molecule is FC(F)(F)Cn1nnnc1SC[C@H]1CCCCO1. The molecule has 9 heteroatoms. The molecule has 1 aliphatic rings. The lowest BCUT2D eigenvalue weighted by Crippen LogP contribution is -2.22. The third-order valence-corrected chi connectivity index (χ3v) is 3.59. The van der Waals surface area contributed by atoms with E-state index >= 15 is 0 Å². The van der Waals surface area contributed by atoms with Gasteiger partial charge in [-0.05, 0) is 29.7 Å². The Morgan fingerprint density at radius 2 is 2.22 bits per heavy atom. The van der Waals surface area contributed by atoms with Crippen LogP contribution in [0, 0.1) is 0 Å². The van der Waals surface area contributed by atoms with Crippen LogP contribution in [0.5, 0.6) is 0 Å². The number of ether oxygens (including phenoxy) is 1. The monoisotopic (exact) mass is 282 g/mol. The van der Waals surface area contributed by atoms with Crippen LogP contribution in [0.2, 0.25) is 0 Å². The second-order valence-electron chi connectivity index (χ2n) is 4.03. The number of aromatic nitrogens is 4. The molecule has 0 N–H and O–H groups in total. The Labute approximate surface area is 106 Å². The molecule has 0 saturated carbocycles. The first-order valence-electron chi connectivity index (χ1n) is 5.62. The van der Waals surface area contributed by atoms with Crippen molar-refractivity contribution in [1.82, 2.24) is 20.2 Å². The van der Waals surface area contributed by atoms with E-state index < -0.39 is 12.7 Å². The molecule has 5 nitrogen and oxygen atoms in total. The van der Waals surface area contributed by atoms with Crippen LogP contribution in [0.25, 0.3) is 0 Å². The molecule has 0 unspecified atom stereocenters. The first-order chi connectivity index (χ1) is 8.54.